The normalized spacial score (nSPS) is 12.9. The molecular weight excluding hydrogens is 380 g/mol. The fraction of sp³-hybridized carbons (Fsp3) is 0.217. The van der Waals surface area contributed by atoms with E-state index < -0.39 is 0 Å². The molecule has 1 N–H and O–H groups in total. The van der Waals surface area contributed by atoms with Crippen LogP contribution in [0.5, 0.6) is 0 Å². The smallest absolute Gasteiger partial charge is 0.261 e. The Labute approximate surface area is 174 Å². The largest absolute Gasteiger partial charge is 0.352 e. The number of carbonyl (C=O) groups is 3. The highest BCUT2D eigenvalue weighted by atomic mass is 16.2. The highest BCUT2D eigenvalue weighted by molar-refractivity contribution is 6.21. The van der Waals surface area contributed by atoms with Gasteiger partial charge in [0, 0.05) is 31.9 Å². The van der Waals surface area contributed by atoms with Crippen molar-refractivity contribution in [3.63, 3.8) is 0 Å². The van der Waals surface area contributed by atoms with E-state index in [1.807, 2.05) is 48.1 Å². The summed E-state index contributed by atoms with van der Waals surface area (Å²) in [6.07, 6.45) is 3.68. The number of benzene rings is 2. The number of aromatic nitrogens is 2. The summed E-state index contributed by atoms with van der Waals surface area (Å²) < 4.78 is 1.82. The summed E-state index contributed by atoms with van der Waals surface area (Å²) in [5.74, 6) is -0.889. The van der Waals surface area contributed by atoms with E-state index in [0.717, 1.165) is 21.6 Å². The van der Waals surface area contributed by atoms with Gasteiger partial charge in [0.05, 0.1) is 17.7 Å². The van der Waals surface area contributed by atoms with Crippen LogP contribution in [0.4, 0.5) is 0 Å². The molecule has 0 saturated heterocycles. The van der Waals surface area contributed by atoms with Crippen LogP contribution in [0.2, 0.25) is 0 Å². The van der Waals surface area contributed by atoms with Crippen molar-refractivity contribution in [2.45, 2.75) is 26.4 Å². The third-order valence-electron chi connectivity index (χ3n) is 5.17. The van der Waals surface area contributed by atoms with Crippen molar-refractivity contribution in [2.24, 2.45) is 0 Å². The van der Waals surface area contributed by atoms with Gasteiger partial charge in [0.2, 0.25) is 5.91 Å². The van der Waals surface area contributed by atoms with Gasteiger partial charge in [-0.1, -0.05) is 35.9 Å². The Hall–Kier alpha value is -3.74. The van der Waals surface area contributed by atoms with Gasteiger partial charge >= 0.3 is 0 Å². The van der Waals surface area contributed by atoms with Crippen molar-refractivity contribution < 1.29 is 14.4 Å². The minimum atomic E-state index is -0.340. The standard InChI is InChI=1S/C23H22N4O3/c1-16-7-8-19-20(13-16)23(30)27(22(19)29)12-9-21(28)24-14-17-5-2-3-6-18(17)15-26-11-4-10-25-26/h2-8,10-11,13H,9,12,14-15H2,1H3,(H,24,28). The first-order chi connectivity index (χ1) is 14.5. The molecule has 3 aromatic rings. The second-order valence-corrected chi connectivity index (χ2v) is 7.31. The molecule has 1 aliphatic heterocycles. The summed E-state index contributed by atoms with van der Waals surface area (Å²) in [5, 5.41) is 7.10. The van der Waals surface area contributed by atoms with Crippen LogP contribution in [0.3, 0.4) is 0 Å². The number of rotatable bonds is 7. The SMILES string of the molecule is Cc1ccc2c(c1)C(=O)N(CCC(=O)NCc1ccccc1Cn1cccn1)C2=O. The molecule has 2 heterocycles. The van der Waals surface area contributed by atoms with Gasteiger partial charge in [0.1, 0.15) is 0 Å². The lowest BCUT2D eigenvalue weighted by molar-refractivity contribution is -0.121. The third-order valence-corrected chi connectivity index (χ3v) is 5.17. The topological polar surface area (TPSA) is 84.3 Å². The molecule has 0 saturated carbocycles. The first-order valence-electron chi connectivity index (χ1n) is 9.80. The summed E-state index contributed by atoms with van der Waals surface area (Å²) in [5.41, 5.74) is 3.80. The highest BCUT2D eigenvalue weighted by Crippen LogP contribution is 2.24. The zero-order valence-corrected chi connectivity index (χ0v) is 16.7. The first-order valence-corrected chi connectivity index (χ1v) is 9.80. The lowest BCUT2D eigenvalue weighted by atomic mass is 10.1. The molecule has 152 valence electrons. The maximum Gasteiger partial charge on any atom is 0.261 e. The van der Waals surface area contributed by atoms with E-state index in [0.29, 0.717) is 24.2 Å². The van der Waals surface area contributed by atoms with Gasteiger partial charge in [0.25, 0.3) is 11.8 Å². The van der Waals surface area contributed by atoms with Gasteiger partial charge in [-0.15, -0.1) is 0 Å². The van der Waals surface area contributed by atoms with Crippen LogP contribution in [0.15, 0.2) is 60.9 Å². The minimum Gasteiger partial charge on any atom is -0.352 e. The zero-order chi connectivity index (χ0) is 21.1. The Morgan fingerprint density at radius 1 is 1.00 bits per heavy atom. The lowest BCUT2D eigenvalue weighted by Gasteiger charge is -2.14. The van der Waals surface area contributed by atoms with E-state index in [9.17, 15) is 14.4 Å². The molecule has 30 heavy (non-hydrogen) atoms. The maximum absolute atomic E-state index is 12.5. The molecule has 7 nitrogen and oxygen atoms in total. The summed E-state index contributed by atoms with van der Waals surface area (Å²) in [4.78, 5) is 38.5. The van der Waals surface area contributed by atoms with Crippen molar-refractivity contribution in [2.75, 3.05) is 6.54 Å². The molecular formula is C23H22N4O3. The molecule has 3 amide bonds. The van der Waals surface area contributed by atoms with Crippen LogP contribution < -0.4 is 5.32 Å². The van der Waals surface area contributed by atoms with Crippen LogP contribution in [0, 0.1) is 6.92 Å². The Morgan fingerprint density at radius 2 is 1.77 bits per heavy atom. The van der Waals surface area contributed by atoms with Crippen LogP contribution in [0.25, 0.3) is 0 Å². The molecule has 7 heteroatoms. The molecule has 0 spiro atoms. The second-order valence-electron chi connectivity index (χ2n) is 7.31. The van der Waals surface area contributed by atoms with Crippen molar-refractivity contribution in [1.82, 2.24) is 20.0 Å². The van der Waals surface area contributed by atoms with Crippen LogP contribution in [0.1, 0.15) is 43.8 Å². The van der Waals surface area contributed by atoms with Crippen molar-refractivity contribution >= 4 is 17.7 Å². The van der Waals surface area contributed by atoms with Gasteiger partial charge in [-0.2, -0.15) is 5.10 Å². The average Bonchev–Trinajstić information content (AvgIpc) is 3.33. The molecule has 4 rings (SSSR count). The summed E-state index contributed by atoms with van der Waals surface area (Å²) in [7, 11) is 0. The number of amides is 3. The Balaban J connectivity index is 1.33. The molecule has 1 aliphatic rings. The van der Waals surface area contributed by atoms with E-state index in [-0.39, 0.29) is 30.7 Å². The van der Waals surface area contributed by atoms with Crippen molar-refractivity contribution in [3.05, 3.63) is 88.7 Å². The molecule has 2 aromatic carbocycles. The maximum atomic E-state index is 12.5. The fourth-order valence-electron chi connectivity index (χ4n) is 3.56. The number of imide groups is 1. The average molecular weight is 402 g/mol. The van der Waals surface area contributed by atoms with Gasteiger partial charge in [-0.3, -0.25) is 24.0 Å². The van der Waals surface area contributed by atoms with Crippen LogP contribution in [-0.2, 0) is 17.9 Å². The van der Waals surface area contributed by atoms with Crippen molar-refractivity contribution in [3.8, 4) is 0 Å². The molecule has 0 fully saturated rings. The van der Waals surface area contributed by atoms with Gasteiger partial charge in [-0.05, 0) is 36.2 Å². The summed E-state index contributed by atoms with van der Waals surface area (Å²) in [6.45, 7) is 2.93. The third kappa shape index (κ3) is 4.00. The van der Waals surface area contributed by atoms with Crippen molar-refractivity contribution in [1.29, 1.82) is 0 Å². The molecule has 0 unspecified atom stereocenters. The number of hydrogen-bond acceptors (Lipinski definition) is 4. The predicted molar refractivity (Wildman–Crippen MR) is 111 cm³/mol. The lowest BCUT2D eigenvalue weighted by Crippen LogP contribution is -2.34. The first kappa shape index (κ1) is 19.6. The van der Waals surface area contributed by atoms with E-state index >= 15 is 0 Å². The second kappa shape index (κ2) is 8.32. The molecule has 0 radical (unpaired) electrons. The van der Waals surface area contributed by atoms with Gasteiger partial charge in [-0.25, -0.2) is 0 Å². The minimum absolute atomic E-state index is 0.0613. The number of hydrogen-bond donors (Lipinski definition) is 1. The van der Waals surface area contributed by atoms with E-state index in [2.05, 4.69) is 10.4 Å². The fourth-order valence-corrected chi connectivity index (χ4v) is 3.56. The number of nitrogens with one attached hydrogen (secondary N) is 1. The van der Waals surface area contributed by atoms with Gasteiger partial charge in [0.15, 0.2) is 0 Å². The Kier molecular flexibility index (Phi) is 5.43. The number of aryl methyl sites for hydroxylation is 1. The summed E-state index contributed by atoms with van der Waals surface area (Å²) >= 11 is 0. The zero-order valence-electron chi connectivity index (χ0n) is 16.7. The predicted octanol–water partition coefficient (Wildman–Crippen LogP) is 2.54. The number of nitrogens with zero attached hydrogens (tertiary/aromatic N) is 3. The molecule has 0 aliphatic carbocycles. The van der Waals surface area contributed by atoms with E-state index in [1.165, 1.54) is 0 Å². The van der Waals surface area contributed by atoms with Gasteiger partial charge < -0.3 is 5.32 Å². The molecule has 0 atom stereocenters. The number of fused-ring (bicyclic) bond motifs is 1. The summed E-state index contributed by atoms with van der Waals surface area (Å²) in [6, 6.07) is 14.9. The quantitative estimate of drug-likeness (QED) is 0.616. The van der Waals surface area contributed by atoms with E-state index in [1.54, 1.807) is 24.4 Å². The van der Waals surface area contributed by atoms with Crippen LogP contribution in [-0.4, -0.2) is 38.9 Å². The molecule has 0 bridgehead atoms. The number of carbonyl (C=O) groups excluding carboxylic acids is 3. The monoisotopic (exact) mass is 402 g/mol. The Morgan fingerprint density at radius 3 is 2.53 bits per heavy atom. The van der Waals surface area contributed by atoms with Crippen LogP contribution >= 0.6 is 0 Å². The highest BCUT2D eigenvalue weighted by Gasteiger charge is 2.35. The Bertz CT molecular complexity index is 1110. The molecule has 1 aromatic heterocycles. The van der Waals surface area contributed by atoms with E-state index in [4.69, 9.17) is 0 Å².